The number of fused-ring (bicyclic) bond motifs is 1. The number of hydrogen-bond acceptors (Lipinski definition) is 4. The highest BCUT2D eigenvalue weighted by Gasteiger charge is 2.24. The summed E-state index contributed by atoms with van der Waals surface area (Å²) >= 11 is 0. The molecule has 0 amide bonds. The van der Waals surface area contributed by atoms with Crippen molar-refractivity contribution in [2.75, 3.05) is 31.6 Å². The number of pyridine rings is 1. The van der Waals surface area contributed by atoms with Gasteiger partial charge < -0.3 is 10.2 Å². The van der Waals surface area contributed by atoms with Crippen LogP contribution < -0.4 is 10.2 Å². The number of aromatic nitrogens is 3. The first-order valence-electron chi connectivity index (χ1n) is 6.48. The number of rotatable bonds is 3. The second-order valence-electron chi connectivity index (χ2n) is 5.08. The van der Waals surface area contributed by atoms with E-state index >= 15 is 0 Å². The Hall–Kier alpha value is -1.62. The van der Waals surface area contributed by atoms with Crippen molar-refractivity contribution in [1.29, 1.82) is 0 Å². The minimum atomic E-state index is 0.731. The van der Waals surface area contributed by atoms with E-state index in [-0.39, 0.29) is 0 Å². The summed E-state index contributed by atoms with van der Waals surface area (Å²) in [4.78, 5) is 6.69. The largest absolute Gasteiger partial charge is 0.356 e. The van der Waals surface area contributed by atoms with Crippen LogP contribution in [0.5, 0.6) is 0 Å². The lowest BCUT2D eigenvalue weighted by molar-refractivity contribution is 0.548. The van der Waals surface area contributed by atoms with Crippen LogP contribution in [0.25, 0.3) is 5.65 Å². The molecule has 3 rings (SSSR count). The van der Waals surface area contributed by atoms with Crippen LogP contribution in [0.4, 0.5) is 5.82 Å². The Morgan fingerprint density at radius 1 is 1.44 bits per heavy atom. The van der Waals surface area contributed by atoms with Gasteiger partial charge in [0.15, 0.2) is 5.65 Å². The molecule has 2 aromatic heterocycles. The molecule has 2 aromatic rings. The molecule has 1 aliphatic heterocycles. The normalized spacial score (nSPS) is 19.9. The van der Waals surface area contributed by atoms with Crippen molar-refractivity contribution in [3.63, 3.8) is 0 Å². The van der Waals surface area contributed by atoms with Gasteiger partial charge >= 0.3 is 0 Å². The molecule has 0 saturated carbocycles. The minimum Gasteiger partial charge on any atom is -0.356 e. The van der Waals surface area contributed by atoms with Gasteiger partial charge in [0.25, 0.3) is 0 Å². The van der Waals surface area contributed by atoms with Crippen LogP contribution in [-0.2, 0) is 0 Å². The lowest BCUT2D eigenvalue weighted by Crippen LogP contribution is -2.25. The molecule has 0 aliphatic carbocycles. The smallest absolute Gasteiger partial charge is 0.157 e. The fourth-order valence-electron chi connectivity index (χ4n) is 2.76. The molecule has 1 unspecified atom stereocenters. The molecule has 1 aliphatic rings. The van der Waals surface area contributed by atoms with Crippen molar-refractivity contribution < 1.29 is 0 Å². The summed E-state index contributed by atoms with van der Waals surface area (Å²) < 4.78 is 1.94. The molecule has 18 heavy (non-hydrogen) atoms. The van der Waals surface area contributed by atoms with Crippen molar-refractivity contribution in [3.05, 3.63) is 24.0 Å². The zero-order chi connectivity index (χ0) is 12.5. The molecular formula is C13H19N5. The van der Waals surface area contributed by atoms with E-state index in [9.17, 15) is 0 Å². The summed E-state index contributed by atoms with van der Waals surface area (Å²) in [6, 6.07) is 4.26. The molecule has 0 bridgehead atoms. The second-order valence-corrected chi connectivity index (χ2v) is 5.08. The standard InChI is InChI=1S/C13H19N5/c1-10-5-12-15-9-16-18(12)13(6-10)17-4-3-11(8-17)7-14-2/h5-6,9,11,14H,3-4,7-8H2,1-2H3. The van der Waals surface area contributed by atoms with E-state index in [1.807, 2.05) is 11.6 Å². The third kappa shape index (κ3) is 1.95. The Kier molecular flexibility index (Phi) is 2.91. The predicted octanol–water partition coefficient (Wildman–Crippen LogP) is 1.08. The molecule has 1 saturated heterocycles. The summed E-state index contributed by atoms with van der Waals surface area (Å²) in [6.07, 6.45) is 2.87. The monoisotopic (exact) mass is 245 g/mol. The molecule has 96 valence electrons. The maximum absolute atomic E-state index is 4.32. The Morgan fingerprint density at radius 3 is 3.17 bits per heavy atom. The van der Waals surface area contributed by atoms with Gasteiger partial charge in [0.05, 0.1) is 0 Å². The molecule has 3 heterocycles. The Morgan fingerprint density at radius 2 is 2.33 bits per heavy atom. The zero-order valence-electron chi connectivity index (χ0n) is 10.9. The topological polar surface area (TPSA) is 45.5 Å². The Bertz CT molecular complexity index is 547. The van der Waals surface area contributed by atoms with Crippen molar-refractivity contribution in [2.45, 2.75) is 13.3 Å². The van der Waals surface area contributed by atoms with Crippen LogP contribution >= 0.6 is 0 Å². The number of nitrogens with zero attached hydrogens (tertiary/aromatic N) is 4. The summed E-state index contributed by atoms with van der Waals surface area (Å²) in [5.41, 5.74) is 2.17. The van der Waals surface area contributed by atoms with E-state index in [4.69, 9.17) is 0 Å². The van der Waals surface area contributed by atoms with Gasteiger partial charge in [0.1, 0.15) is 12.1 Å². The lowest BCUT2D eigenvalue weighted by atomic mass is 10.1. The maximum Gasteiger partial charge on any atom is 0.157 e. The zero-order valence-corrected chi connectivity index (χ0v) is 10.9. The van der Waals surface area contributed by atoms with E-state index in [1.54, 1.807) is 6.33 Å². The number of hydrogen-bond donors (Lipinski definition) is 1. The number of aryl methyl sites for hydroxylation is 1. The first-order chi connectivity index (χ1) is 8.78. The third-order valence-corrected chi connectivity index (χ3v) is 3.61. The maximum atomic E-state index is 4.32. The molecule has 0 aromatic carbocycles. The summed E-state index contributed by atoms with van der Waals surface area (Å²) in [5.74, 6) is 1.90. The van der Waals surface area contributed by atoms with E-state index in [0.29, 0.717) is 0 Å². The third-order valence-electron chi connectivity index (χ3n) is 3.61. The quantitative estimate of drug-likeness (QED) is 0.879. The molecule has 5 nitrogen and oxygen atoms in total. The highest BCUT2D eigenvalue weighted by atomic mass is 15.4. The lowest BCUT2D eigenvalue weighted by Gasteiger charge is -2.19. The van der Waals surface area contributed by atoms with E-state index in [2.05, 4.69) is 39.4 Å². The minimum absolute atomic E-state index is 0.731. The van der Waals surface area contributed by atoms with Gasteiger partial charge in [0, 0.05) is 13.1 Å². The fourth-order valence-corrected chi connectivity index (χ4v) is 2.76. The summed E-state index contributed by atoms with van der Waals surface area (Å²) in [5, 5.41) is 7.59. The SMILES string of the molecule is CNCC1CCN(c2cc(C)cc3ncnn23)C1. The van der Waals surface area contributed by atoms with Gasteiger partial charge in [-0.3, -0.25) is 0 Å². The van der Waals surface area contributed by atoms with Gasteiger partial charge in [-0.1, -0.05) is 0 Å². The highest BCUT2D eigenvalue weighted by molar-refractivity contribution is 5.53. The van der Waals surface area contributed by atoms with Crippen molar-refractivity contribution in [1.82, 2.24) is 19.9 Å². The Balaban J connectivity index is 1.92. The number of nitrogens with one attached hydrogen (secondary N) is 1. The van der Waals surface area contributed by atoms with E-state index in [0.717, 1.165) is 31.2 Å². The Labute approximate surface area is 107 Å². The predicted molar refractivity (Wildman–Crippen MR) is 72.0 cm³/mol. The van der Waals surface area contributed by atoms with Crippen LogP contribution in [-0.4, -0.2) is 41.3 Å². The van der Waals surface area contributed by atoms with Crippen molar-refractivity contribution in [2.24, 2.45) is 5.92 Å². The average Bonchev–Trinajstić information content (AvgIpc) is 2.96. The molecular weight excluding hydrogens is 226 g/mol. The number of anilines is 1. The van der Waals surface area contributed by atoms with Crippen LogP contribution in [0.15, 0.2) is 18.5 Å². The van der Waals surface area contributed by atoms with Gasteiger partial charge in [-0.2, -0.15) is 9.61 Å². The van der Waals surface area contributed by atoms with Gasteiger partial charge in [-0.05, 0) is 50.6 Å². The first kappa shape index (κ1) is 11.5. The van der Waals surface area contributed by atoms with Crippen molar-refractivity contribution >= 4 is 11.5 Å². The highest BCUT2D eigenvalue weighted by Crippen LogP contribution is 2.24. The summed E-state index contributed by atoms with van der Waals surface area (Å²) in [7, 11) is 2.02. The van der Waals surface area contributed by atoms with E-state index < -0.39 is 0 Å². The molecule has 1 N–H and O–H groups in total. The van der Waals surface area contributed by atoms with Gasteiger partial charge in [-0.15, -0.1) is 0 Å². The molecule has 1 fully saturated rings. The molecule has 5 heteroatoms. The fraction of sp³-hybridized carbons (Fsp3) is 0.538. The van der Waals surface area contributed by atoms with E-state index in [1.165, 1.54) is 17.8 Å². The molecule has 0 radical (unpaired) electrons. The summed E-state index contributed by atoms with van der Waals surface area (Å²) in [6.45, 7) is 5.40. The molecule has 0 spiro atoms. The van der Waals surface area contributed by atoms with Gasteiger partial charge in [-0.25, -0.2) is 4.98 Å². The van der Waals surface area contributed by atoms with Gasteiger partial charge in [0.2, 0.25) is 0 Å². The van der Waals surface area contributed by atoms with Crippen molar-refractivity contribution in [3.8, 4) is 0 Å². The molecule has 1 atom stereocenters. The van der Waals surface area contributed by atoms with Crippen LogP contribution in [0, 0.1) is 12.8 Å². The first-order valence-corrected chi connectivity index (χ1v) is 6.48. The second kappa shape index (κ2) is 4.57. The van der Waals surface area contributed by atoms with Crippen LogP contribution in [0.1, 0.15) is 12.0 Å². The van der Waals surface area contributed by atoms with Crippen LogP contribution in [0.3, 0.4) is 0 Å². The average molecular weight is 245 g/mol. The van der Waals surface area contributed by atoms with Crippen LogP contribution in [0.2, 0.25) is 0 Å².